The molecule has 12 heteroatoms. The number of hydrogen-bond donors (Lipinski definition) is 1. The third-order valence-corrected chi connectivity index (χ3v) is 7.50. The molecule has 1 N–H and O–H groups in total. The number of rotatable bonds is 3. The summed E-state index contributed by atoms with van der Waals surface area (Å²) in [5.41, 5.74) is 1.57. The zero-order valence-corrected chi connectivity index (χ0v) is 19.9. The molecule has 2 fully saturated rings. The number of hydroxylamine groups is 2. The Morgan fingerprint density at radius 3 is 2.71 bits per heavy atom. The minimum absolute atomic E-state index is 0.184. The molecule has 3 heterocycles. The second-order valence-electron chi connectivity index (χ2n) is 7.81. The summed E-state index contributed by atoms with van der Waals surface area (Å²) in [6.07, 6.45) is -0.221. The number of alkyl halides is 3. The summed E-state index contributed by atoms with van der Waals surface area (Å²) in [7, 11) is 3.25. The van der Waals surface area contributed by atoms with Gasteiger partial charge < -0.3 is 19.6 Å². The Labute approximate surface area is 199 Å². The van der Waals surface area contributed by atoms with Crippen LogP contribution in [0.1, 0.15) is 12.0 Å². The fraction of sp³-hybridized carbons (Fsp3) is 0.579. The zero-order valence-electron chi connectivity index (χ0n) is 16.8. The van der Waals surface area contributed by atoms with E-state index in [2.05, 4.69) is 0 Å². The molecule has 4 atom stereocenters. The van der Waals surface area contributed by atoms with Crippen LogP contribution in [0.2, 0.25) is 0 Å². The number of likely N-dealkylation sites (tertiary alicyclic amines) is 1. The van der Waals surface area contributed by atoms with Gasteiger partial charge in [-0.05, 0) is 29.8 Å². The van der Waals surface area contributed by atoms with Gasteiger partial charge in [-0.1, -0.05) is 53.0 Å². The van der Waals surface area contributed by atoms with Crippen LogP contribution in [0.3, 0.4) is 0 Å². The van der Waals surface area contributed by atoms with Crippen molar-refractivity contribution >= 4 is 63.6 Å². The van der Waals surface area contributed by atoms with Crippen LogP contribution < -0.4 is 4.90 Å². The van der Waals surface area contributed by atoms with Gasteiger partial charge in [-0.2, -0.15) is 5.06 Å². The van der Waals surface area contributed by atoms with Crippen molar-refractivity contribution in [2.75, 3.05) is 38.0 Å². The first kappa shape index (κ1) is 23.1. The van der Waals surface area contributed by atoms with Crippen LogP contribution in [0.4, 0.5) is 15.3 Å². The van der Waals surface area contributed by atoms with Crippen molar-refractivity contribution < 1.29 is 24.3 Å². The largest absolute Gasteiger partial charge is 0.453 e. The molecule has 1 aromatic rings. The second kappa shape index (κ2) is 8.35. The summed E-state index contributed by atoms with van der Waals surface area (Å²) in [4.78, 5) is 28.8. The number of anilines is 1. The summed E-state index contributed by atoms with van der Waals surface area (Å²) in [6, 6.07) is 7.02. The molecule has 3 aliphatic rings. The van der Waals surface area contributed by atoms with E-state index in [1.54, 1.807) is 4.90 Å². The molecular formula is C19H22Cl3N3O5S. The lowest BCUT2D eigenvalue weighted by molar-refractivity contribution is -0.114. The minimum atomic E-state index is -1.71. The molecule has 0 saturated carbocycles. The normalized spacial score (nSPS) is 29.5. The van der Waals surface area contributed by atoms with E-state index in [4.69, 9.17) is 44.3 Å². The van der Waals surface area contributed by atoms with Crippen molar-refractivity contribution in [1.29, 1.82) is 0 Å². The maximum absolute atomic E-state index is 12.9. The monoisotopic (exact) mass is 509 g/mol. The molecule has 170 valence electrons. The average Bonchev–Trinajstić information content (AvgIpc) is 3.30. The molecule has 0 aromatic heterocycles. The van der Waals surface area contributed by atoms with Crippen LogP contribution in [0.5, 0.6) is 0 Å². The number of thioether (sulfide) groups is 1. The maximum Gasteiger partial charge on any atom is 0.411 e. The van der Waals surface area contributed by atoms with Gasteiger partial charge in [-0.25, -0.2) is 9.59 Å². The third kappa shape index (κ3) is 3.73. The Bertz CT molecular complexity index is 888. The quantitative estimate of drug-likeness (QED) is 0.485. The van der Waals surface area contributed by atoms with Crippen molar-refractivity contribution in [3.63, 3.8) is 0 Å². The fourth-order valence-electron chi connectivity index (χ4n) is 5.38. The molecule has 1 unspecified atom stereocenters. The number of nitrogens with zero attached hydrogens (tertiary/aromatic N) is 3. The predicted octanol–water partition coefficient (Wildman–Crippen LogP) is 3.85. The molecule has 0 aliphatic carbocycles. The van der Waals surface area contributed by atoms with Crippen LogP contribution in [-0.4, -0.2) is 81.7 Å². The maximum atomic E-state index is 12.9. The van der Waals surface area contributed by atoms with E-state index in [-0.39, 0.29) is 18.5 Å². The number of amides is 1. The number of ether oxygens (including phenoxy) is 2. The topological polar surface area (TPSA) is 82.5 Å². The van der Waals surface area contributed by atoms with E-state index in [0.717, 1.165) is 23.0 Å². The number of para-hydroxylation sites is 1. The predicted molar refractivity (Wildman–Crippen MR) is 119 cm³/mol. The van der Waals surface area contributed by atoms with Crippen molar-refractivity contribution in [3.05, 3.63) is 29.8 Å². The Balaban J connectivity index is 1.66. The van der Waals surface area contributed by atoms with Gasteiger partial charge in [0.25, 0.3) is 0 Å². The van der Waals surface area contributed by atoms with E-state index in [1.807, 2.05) is 36.2 Å². The van der Waals surface area contributed by atoms with Crippen LogP contribution in [0.25, 0.3) is 0 Å². The highest BCUT2D eigenvalue weighted by Crippen LogP contribution is 2.59. The van der Waals surface area contributed by atoms with Gasteiger partial charge in [0, 0.05) is 25.0 Å². The molecule has 1 spiro atoms. The minimum Gasteiger partial charge on any atom is -0.453 e. The first-order chi connectivity index (χ1) is 14.6. The van der Waals surface area contributed by atoms with Crippen LogP contribution in [0, 0.1) is 0 Å². The lowest BCUT2D eigenvalue weighted by Crippen LogP contribution is -2.53. The number of carbonyl (C=O) groups is 2. The molecule has 0 radical (unpaired) electrons. The first-order valence-electron chi connectivity index (χ1n) is 9.62. The Morgan fingerprint density at radius 2 is 2.03 bits per heavy atom. The van der Waals surface area contributed by atoms with Crippen molar-refractivity contribution in [1.82, 2.24) is 9.96 Å². The summed E-state index contributed by atoms with van der Waals surface area (Å²) < 4.78 is 8.40. The van der Waals surface area contributed by atoms with Crippen molar-refractivity contribution in [2.24, 2.45) is 0 Å². The molecular weight excluding hydrogens is 489 g/mol. The van der Waals surface area contributed by atoms with Crippen LogP contribution in [0.15, 0.2) is 24.3 Å². The van der Waals surface area contributed by atoms with Crippen LogP contribution in [-0.2, 0) is 14.9 Å². The number of hydrogen-bond acceptors (Lipinski definition) is 8. The van der Waals surface area contributed by atoms with Crippen LogP contribution >= 0.6 is 46.6 Å². The Hall–Kier alpha value is -1.10. The number of benzene rings is 1. The van der Waals surface area contributed by atoms with Gasteiger partial charge >= 0.3 is 11.4 Å². The zero-order chi connectivity index (χ0) is 22.6. The third-order valence-electron chi connectivity index (χ3n) is 6.31. The summed E-state index contributed by atoms with van der Waals surface area (Å²) in [5.74, 6) is 0.184. The SMILES string of the molecule is COC(=O)N1[C@@H](CSC(=O)OCC(Cl)(Cl)Cl)[C@@H]2N(O)CCC23c2ccccc2N(C)[C@@H]13. The smallest absolute Gasteiger partial charge is 0.411 e. The summed E-state index contributed by atoms with van der Waals surface area (Å²) in [5, 5.41) is 11.5. The summed E-state index contributed by atoms with van der Waals surface area (Å²) >= 11 is 17.8. The first-order valence-corrected chi connectivity index (χ1v) is 11.7. The van der Waals surface area contributed by atoms with E-state index in [9.17, 15) is 14.8 Å². The van der Waals surface area contributed by atoms with E-state index in [0.29, 0.717) is 13.0 Å². The number of halogens is 3. The highest BCUT2D eigenvalue weighted by molar-refractivity contribution is 8.13. The van der Waals surface area contributed by atoms with Gasteiger partial charge in [-0.3, -0.25) is 4.90 Å². The average molecular weight is 511 g/mol. The van der Waals surface area contributed by atoms with E-state index < -0.39 is 32.7 Å². The van der Waals surface area contributed by atoms with Crippen molar-refractivity contribution in [3.8, 4) is 0 Å². The Kier molecular flexibility index (Phi) is 6.22. The molecule has 4 rings (SSSR count). The molecule has 8 nitrogen and oxygen atoms in total. The highest BCUT2D eigenvalue weighted by Gasteiger charge is 2.70. The van der Waals surface area contributed by atoms with E-state index >= 15 is 0 Å². The number of methoxy groups -OCH3 is 1. The lowest BCUT2D eigenvalue weighted by Gasteiger charge is -2.36. The molecule has 3 aliphatic heterocycles. The standard InChI is InChI=1S/C19H22Cl3N3O5S/c1-23-12-6-4-3-5-11(12)18-7-8-24(28)14(18)13(25(15(18)23)16(26)29-2)9-31-17(27)30-10-19(20,21)22/h3-6,13-15,28H,7-10H2,1-2H3/t13-,14-,15-,18?/m0/s1. The molecule has 0 bridgehead atoms. The summed E-state index contributed by atoms with van der Waals surface area (Å²) in [6.45, 7) is 0.0738. The second-order valence-corrected chi connectivity index (χ2v) is 11.3. The van der Waals surface area contributed by atoms with Gasteiger partial charge in [0.1, 0.15) is 12.8 Å². The molecule has 1 amide bonds. The number of likely N-dealkylation sites (N-methyl/N-ethyl adjacent to an activating group) is 1. The van der Waals surface area contributed by atoms with Gasteiger partial charge in [0.2, 0.25) is 3.79 Å². The molecule has 31 heavy (non-hydrogen) atoms. The number of carbonyl (C=O) groups excluding carboxylic acids is 2. The Morgan fingerprint density at radius 1 is 1.32 bits per heavy atom. The van der Waals surface area contributed by atoms with Gasteiger partial charge in [-0.15, -0.1) is 0 Å². The number of fused-ring (bicyclic) bond motifs is 1. The van der Waals surface area contributed by atoms with E-state index in [1.165, 1.54) is 12.2 Å². The van der Waals surface area contributed by atoms with Gasteiger partial charge in [0.15, 0.2) is 0 Å². The lowest BCUT2D eigenvalue weighted by atomic mass is 9.74. The van der Waals surface area contributed by atoms with Crippen molar-refractivity contribution in [2.45, 2.75) is 33.9 Å². The molecule has 2 saturated heterocycles. The highest BCUT2D eigenvalue weighted by atomic mass is 35.6. The molecule has 1 aromatic carbocycles. The van der Waals surface area contributed by atoms with Gasteiger partial charge in [0.05, 0.1) is 24.6 Å². The fourth-order valence-corrected chi connectivity index (χ4v) is 6.33.